The Kier molecular flexibility index (Phi) is 7.27. The topological polar surface area (TPSA) is 84.7 Å². The van der Waals surface area contributed by atoms with Crippen molar-refractivity contribution < 1.29 is 27.9 Å². The van der Waals surface area contributed by atoms with Crippen molar-refractivity contribution >= 4 is 12.2 Å². The van der Waals surface area contributed by atoms with Crippen LogP contribution in [0.5, 0.6) is 0 Å². The van der Waals surface area contributed by atoms with Gasteiger partial charge in [0.05, 0.1) is 12.0 Å². The third-order valence-electron chi connectivity index (χ3n) is 3.54. The summed E-state index contributed by atoms with van der Waals surface area (Å²) >= 11 is 0. The number of oxime groups is 1. The molecule has 0 unspecified atom stereocenters. The van der Waals surface area contributed by atoms with Crippen molar-refractivity contribution in [1.29, 1.82) is 0 Å². The number of rotatable bonds is 9. The number of aryl methyl sites for hydroxylation is 2. The first-order valence-corrected chi connectivity index (χ1v) is 8.16. The SMILES string of the molecule is O=C(O)CCc1ncc(CCC=NOCc2ccc(C(F)(F)F)cc2)cn1. The van der Waals surface area contributed by atoms with Crippen LogP contribution in [0.2, 0.25) is 0 Å². The average Bonchev–Trinajstić information content (AvgIpc) is 2.63. The van der Waals surface area contributed by atoms with Crippen molar-refractivity contribution in [2.24, 2.45) is 5.16 Å². The second kappa shape index (κ2) is 9.65. The van der Waals surface area contributed by atoms with E-state index in [0.717, 1.165) is 17.7 Å². The van der Waals surface area contributed by atoms with E-state index in [0.29, 0.717) is 24.2 Å². The van der Waals surface area contributed by atoms with Gasteiger partial charge in [0.15, 0.2) is 0 Å². The lowest BCUT2D eigenvalue weighted by Gasteiger charge is -2.06. The molecule has 0 amide bonds. The molecule has 0 spiro atoms. The molecule has 0 saturated carbocycles. The molecule has 1 heterocycles. The smallest absolute Gasteiger partial charge is 0.416 e. The van der Waals surface area contributed by atoms with Crippen molar-refractivity contribution in [2.75, 3.05) is 0 Å². The van der Waals surface area contributed by atoms with Gasteiger partial charge in [-0.05, 0) is 36.1 Å². The molecular weight excluding hydrogens is 363 g/mol. The number of aromatic nitrogens is 2. The van der Waals surface area contributed by atoms with E-state index in [9.17, 15) is 18.0 Å². The maximum atomic E-state index is 12.5. The molecule has 6 nitrogen and oxygen atoms in total. The summed E-state index contributed by atoms with van der Waals surface area (Å²) in [7, 11) is 0. The molecule has 2 rings (SSSR count). The van der Waals surface area contributed by atoms with Gasteiger partial charge in [0.2, 0.25) is 0 Å². The number of alkyl halides is 3. The Hall–Kier alpha value is -2.97. The van der Waals surface area contributed by atoms with Crippen LogP contribution in [0.25, 0.3) is 0 Å². The molecule has 0 aliphatic rings. The summed E-state index contributed by atoms with van der Waals surface area (Å²) in [5, 5.41) is 12.4. The van der Waals surface area contributed by atoms with E-state index in [-0.39, 0.29) is 19.4 Å². The Balaban J connectivity index is 1.68. The van der Waals surface area contributed by atoms with Crippen molar-refractivity contribution in [2.45, 2.75) is 38.5 Å². The van der Waals surface area contributed by atoms with Crippen LogP contribution in [0.1, 0.15) is 35.4 Å². The molecule has 1 aromatic heterocycles. The summed E-state index contributed by atoms with van der Waals surface area (Å²) in [5.74, 6) is -0.412. The number of carboxylic acid groups (broad SMARTS) is 1. The highest BCUT2D eigenvalue weighted by atomic mass is 19.4. The molecule has 0 aliphatic carbocycles. The third kappa shape index (κ3) is 7.43. The van der Waals surface area contributed by atoms with E-state index < -0.39 is 17.7 Å². The minimum Gasteiger partial charge on any atom is -0.481 e. The van der Waals surface area contributed by atoms with Crippen LogP contribution in [-0.2, 0) is 35.3 Å². The Labute approximate surface area is 153 Å². The second-order valence-corrected chi connectivity index (χ2v) is 5.70. The van der Waals surface area contributed by atoms with Gasteiger partial charge in [-0.2, -0.15) is 13.2 Å². The first-order chi connectivity index (χ1) is 12.8. The van der Waals surface area contributed by atoms with Crippen LogP contribution in [0.4, 0.5) is 13.2 Å². The fraction of sp³-hybridized carbons (Fsp3) is 0.333. The fourth-order valence-corrected chi connectivity index (χ4v) is 2.10. The van der Waals surface area contributed by atoms with Crippen LogP contribution in [0, 0.1) is 0 Å². The van der Waals surface area contributed by atoms with E-state index >= 15 is 0 Å². The molecule has 0 bridgehead atoms. The van der Waals surface area contributed by atoms with Gasteiger partial charge in [-0.15, -0.1) is 0 Å². The highest BCUT2D eigenvalue weighted by Gasteiger charge is 2.29. The van der Waals surface area contributed by atoms with Crippen molar-refractivity contribution in [3.8, 4) is 0 Å². The molecule has 0 saturated heterocycles. The normalized spacial score (nSPS) is 11.7. The molecule has 1 N–H and O–H groups in total. The third-order valence-corrected chi connectivity index (χ3v) is 3.54. The molecular formula is C18H18F3N3O3. The van der Waals surface area contributed by atoms with Gasteiger partial charge in [0.25, 0.3) is 0 Å². The molecule has 9 heteroatoms. The number of carboxylic acids is 1. The minimum absolute atomic E-state index is 0.0116. The monoisotopic (exact) mass is 381 g/mol. The predicted molar refractivity (Wildman–Crippen MR) is 91.0 cm³/mol. The van der Waals surface area contributed by atoms with Crippen LogP contribution in [0.15, 0.2) is 41.8 Å². The number of nitrogens with zero attached hydrogens (tertiary/aromatic N) is 3. The van der Waals surface area contributed by atoms with E-state index in [2.05, 4.69) is 15.1 Å². The molecule has 2 aromatic rings. The lowest BCUT2D eigenvalue weighted by molar-refractivity contribution is -0.138. The zero-order valence-electron chi connectivity index (χ0n) is 14.3. The quantitative estimate of drug-likeness (QED) is 0.529. The maximum Gasteiger partial charge on any atom is 0.416 e. The fourth-order valence-electron chi connectivity index (χ4n) is 2.10. The second-order valence-electron chi connectivity index (χ2n) is 5.70. The van der Waals surface area contributed by atoms with Gasteiger partial charge >= 0.3 is 12.1 Å². The average molecular weight is 381 g/mol. The molecule has 1 aromatic carbocycles. The number of hydrogen-bond acceptors (Lipinski definition) is 5. The number of benzene rings is 1. The zero-order chi connectivity index (χ0) is 19.7. The molecule has 0 radical (unpaired) electrons. The maximum absolute atomic E-state index is 12.5. The van der Waals surface area contributed by atoms with E-state index in [4.69, 9.17) is 9.94 Å². The lowest BCUT2D eigenvalue weighted by Crippen LogP contribution is -2.04. The van der Waals surface area contributed by atoms with Gasteiger partial charge in [0.1, 0.15) is 12.4 Å². The van der Waals surface area contributed by atoms with E-state index in [1.54, 1.807) is 18.6 Å². The molecule has 0 aliphatic heterocycles. The van der Waals surface area contributed by atoms with E-state index in [1.807, 2.05) is 0 Å². The zero-order valence-corrected chi connectivity index (χ0v) is 14.3. The van der Waals surface area contributed by atoms with Crippen LogP contribution < -0.4 is 0 Å². The van der Waals surface area contributed by atoms with Crippen LogP contribution in [-0.4, -0.2) is 27.3 Å². The molecule has 27 heavy (non-hydrogen) atoms. The molecule has 144 valence electrons. The number of carbonyl (C=O) groups is 1. The van der Waals surface area contributed by atoms with Gasteiger partial charge < -0.3 is 9.94 Å². The largest absolute Gasteiger partial charge is 0.481 e. The standard InChI is InChI=1S/C18H18F3N3O3/c19-18(20,21)15-5-3-13(4-6-15)12-27-24-9-1-2-14-10-22-16(23-11-14)7-8-17(25)26/h3-6,9-11H,1-2,7-8,12H2,(H,25,26). The van der Waals surface area contributed by atoms with Gasteiger partial charge in [-0.3, -0.25) is 4.79 Å². The van der Waals surface area contributed by atoms with Gasteiger partial charge in [-0.1, -0.05) is 17.3 Å². The summed E-state index contributed by atoms with van der Waals surface area (Å²) < 4.78 is 37.4. The number of halogens is 3. The van der Waals surface area contributed by atoms with Crippen molar-refractivity contribution in [3.63, 3.8) is 0 Å². The van der Waals surface area contributed by atoms with Crippen molar-refractivity contribution in [3.05, 3.63) is 59.2 Å². The summed E-state index contributed by atoms with van der Waals surface area (Å²) in [4.78, 5) is 23.7. The first kappa shape index (κ1) is 20.3. The molecule has 0 fully saturated rings. The highest BCUT2D eigenvalue weighted by molar-refractivity contribution is 5.66. The van der Waals surface area contributed by atoms with Gasteiger partial charge in [0, 0.05) is 25.0 Å². The minimum atomic E-state index is -4.35. The lowest BCUT2D eigenvalue weighted by atomic mass is 10.1. The number of aliphatic carboxylic acids is 1. The summed E-state index contributed by atoms with van der Waals surface area (Å²) in [6.07, 6.45) is 1.97. The summed E-state index contributed by atoms with van der Waals surface area (Å²) in [5.41, 5.74) is 0.764. The summed E-state index contributed by atoms with van der Waals surface area (Å²) in [6, 6.07) is 4.70. The molecule has 0 atom stereocenters. The Morgan fingerprint density at radius 3 is 2.37 bits per heavy atom. The van der Waals surface area contributed by atoms with Crippen LogP contribution in [0.3, 0.4) is 0 Å². The van der Waals surface area contributed by atoms with E-state index in [1.165, 1.54) is 12.1 Å². The van der Waals surface area contributed by atoms with Gasteiger partial charge in [-0.25, -0.2) is 9.97 Å². The highest BCUT2D eigenvalue weighted by Crippen LogP contribution is 2.29. The Morgan fingerprint density at radius 1 is 1.11 bits per heavy atom. The predicted octanol–water partition coefficient (Wildman–Crippen LogP) is 3.65. The van der Waals surface area contributed by atoms with Crippen molar-refractivity contribution in [1.82, 2.24) is 9.97 Å². The Morgan fingerprint density at radius 2 is 1.78 bits per heavy atom. The first-order valence-electron chi connectivity index (χ1n) is 8.16. The summed E-state index contributed by atoms with van der Waals surface area (Å²) in [6.45, 7) is 0.0794. The Bertz CT molecular complexity index is 760. The number of hydrogen-bond donors (Lipinski definition) is 1. The van der Waals surface area contributed by atoms with Crippen LogP contribution >= 0.6 is 0 Å².